The Balaban J connectivity index is 1.68. The minimum absolute atomic E-state index is 0.00982. The smallest absolute Gasteiger partial charge is 0.254 e. The molecular weight excluding hydrogens is 322 g/mol. The Morgan fingerprint density at radius 2 is 2.00 bits per heavy atom. The van der Waals surface area contributed by atoms with E-state index < -0.39 is 0 Å². The summed E-state index contributed by atoms with van der Waals surface area (Å²) in [7, 11) is 1.60. The highest BCUT2D eigenvalue weighted by Crippen LogP contribution is 2.29. The normalized spacial score (nSPS) is 17.0. The molecule has 2 aliphatic heterocycles. The molecule has 2 aliphatic rings. The number of rotatable bonds is 4. The van der Waals surface area contributed by atoms with E-state index in [4.69, 9.17) is 4.74 Å². The molecule has 1 aromatic carbocycles. The third-order valence-electron chi connectivity index (χ3n) is 4.77. The number of methoxy groups -OCH3 is 1. The van der Waals surface area contributed by atoms with Gasteiger partial charge < -0.3 is 19.4 Å². The maximum Gasteiger partial charge on any atom is 0.254 e. The Morgan fingerprint density at radius 3 is 2.68 bits per heavy atom. The Kier molecular flexibility index (Phi) is 5.03. The zero-order chi connectivity index (χ0) is 18.0. The maximum atomic E-state index is 12.7. The van der Waals surface area contributed by atoms with Gasteiger partial charge in [-0.15, -0.1) is 0 Å². The molecule has 134 valence electrons. The van der Waals surface area contributed by atoms with Crippen LogP contribution in [0.5, 0.6) is 0 Å². The summed E-state index contributed by atoms with van der Waals surface area (Å²) in [6, 6.07) is 5.42. The summed E-state index contributed by atoms with van der Waals surface area (Å²) in [5.41, 5.74) is 2.46. The van der Waals surface area contributed by atoms with Crippen molar-refractivity contribution in [2.45, 2.75) is 13.3 Å². The van der Waals surface area contributed by atoms with Gasteiger partial charge in [0, 0.05) is 51.5 Å². The molecular formula is C18H23N3O4. The molecule has 3 rings (SSSR count). The molecule has 0 aromatic heterocycles. The minimum Gasteiger partial charge on any atom is -0.383 e. The quantitative estimate of drug-likeness (QED) is 0.798. The van der Waals surface area contributed by atoms with Gasteiger partial charge in [-0.1, -0.05) is 0 Å². The average molecular weight is 345 g/mol. The van der Waals surface area contributed by atoms with Gasteiger partial charge in [0.05, 0.1) is 6.61 Å². The van der Waals surface area contributed by atoms with Crippen LogP contribution >= 0.6 is 0 Å². The molecule has 0 N–H and O–H groups in total. The van der Waals surface area contributed by atoms with Gasteiger partial charge in [0.15, 0.2) is 0 Å². The molecule has 2 heterocycles. The third kappa shape index (κ3) is 3.51. The van der Waals surface area contributed by atoms with E-state index in [1.54, 1.807) is 34.8 Å². The molecule has 0 radical (unpaired) electrons. The summed E-state index contributed by atoms with van der Waals surface area (Å²) in [5, 5.41) is 0. The second-order valence-electron chi connectivity index (χ2n) is 6.36. The SMILES string of the molecule is COCCN1CCN(C(=O)c2ccc3c(c2)CCN3C(C)=O)CC1=O. The number of fused-ring (bicyclic) bond motifs is 1. The van der Waals surface area contributed by atoms with Crippen molar-refractivity contribution >= 4 is 23.4 Å². The van der Waals surface area contributed by atoms with E-state index in [1.807, 2.05) is 12.1 Å². The number of ether oxygens (including phenoxy) is 1. The van der Waals surface area contributed by atoms with E-state index >= 15 is 0 Å². The van der Waals surface area contributed by atoms with Gasteiger partial charge in [-0.05, 0) is 30.2 Å². The van der Waals surface area contributed by atoms with Crippen molar-refractivity contribution in [2.24, 2.45) is 0 Å². The molecule has 0 bridgehead atoms. The molecule has 0 saturated carbocycles. The average Bonchev–Trinajstić information content (AvgIpc) is 3.03. The second kappa shape index (κ2) is 7.23. The number of hydrogen-bond acceptors (Lipinski definition) is 4. The fourth-order valence-corrected chi connectivity index (χ4v) is 3.36. The second-order valence-corrected chi connectivity index (χ2v) is 6.36. The van der Waals surface area contributed by atoms with Crippen LogP contribution < -0.4 is 4.90 Å². The number of benzene rings is 1. The van der Waals surface area contributed by atoms with Crippen molar-refractivity contribution in [1.82, 2.24) is 9.80 Å². The van der Waals surface area contributed by atoms with Gasteiger partial charge in [0.25, 0.3) is 5.91 Å². The first-order valence-corrected chi connectivity index (χ1v) is 8.48. The van der Waals surface area contributed by atoms with Crippen LogP contribution in [0, 0.1) is 0 Å². The Morgan fingerprint density at radius 1 is 1.20 bits per heavy atom. The predicted molar refractivity (Wildman–Crippen MR) is 92.5 cm³/mol. The molecule has 0 spiro atoms. The van der Waals surface area contributed by atoms with E-state index in [0.29, 0.717) is 38.3 Å². The van der Waals surface area contributed by atoms with E-state index in [0.717, 1.165) is 17.7 Å². The van der Waals surface area contributed by atoms with Crippen molar-refractivity contribution in [2.75, 3.05) is 51.3 Å². The van der Waals surface area contributed by atoms with Gasteiger partial charge >= 0.3 is 0 Å². The van der Waals surface area contributed by atoms with E-state index in [2.05, 4.69) is 0 Å². The third-order valence-corrected chi connectivity index (χ3v) is 4.77. The van der Waals surface area contributed by atoms with Gasteiger partial charge in [0.1, 0.15) is 6.54 Å². The summed E-state index contributed by atoms with van der Waals surface area (Å²) in [6.07, 6.45) is 0.750. The lowest BCUT2D eigenvalue weighted by Crippen LogP contribution is -2.52. The molecule has 0 unspecified atom stereocenters. The summed E-state index contributed by atoms with van der Waals surface area (Å²) in [6.45, 7) is 4.39. The monoisotopic (exact) mass is 345 g/mol. The topological polar surface area (TPSA) is 70.2 Å². The fraction of sp³-hybridized carbons (Fsp3) is 0.500. The Labute approximate surface area is 147 Å². The van der Waals surface area contributed by atoms with Crippen LogP contribution in [-0.2, 0) is 20.7 Å². The minimum atomic E-state index is -0.135. The summed E-state index contributed by atoms with van der Waals surface area (Å²) >= 11 is 0. The maximum absolute atomic E-state index is 12.7. The number of carbonyl (C=O) groups excluding carboxylic acids is 3. The van der Waals surface area contributed by atoms with Crippen LogP contribution in [0.2, 0.25) is 0 Å². The van der Waals surface area contributed by atoms with Crippen molar-refractivity contribution in [3.8, 4) is 0 Å². The van der Waals surface area contributed by atoms with Crippen LogP contribution in [0.3, 0.4) is 0 Å². The summed E-state index contributed by atoms with van der Waals surface area (Å²) in [5.74, 6) is -0.181. The lowest BCUT2D eigenvalue weighted by atomic mass is 10.1. The van der Waals surface area contributed by atoms with E-state index in [-0.39, 0.29) is 24.3 Å². The Hall–Kier alpha value is -2.41. The molecule has 1 saturated heterocycles. The highest BCUT2D eigenvalue weighted by atomic mass is 16.5. The zero-order valence-electron chi connectivity index (χ0n) is 14.7. The number of amides is 3. The zero-order valence-corrected chi connectivity index (χ0v) is 14.7. The molecule has 1 aromatic rings. The molecule has 0 aliphatic carbocycles. The molecule has 7 nitrogen and oxygen atoms in total. The van der Waals surface area contributed by atoms with Crippen LogP contribution in [-0.4, -0.2) is 74.0 Å². The van der Waals surface area contributed by atoms with Crippen LogP contribution in [0.4, 0.5) is 5.69 Å². The predicted octanol–water partition coefficient (Wildman–Crippen LogP) is 0.526. The van der Waals surface area contributed by atoms with Gasteiger partial charge in [-0.2, -0.15) is 0 Å². The number of hydrogen-bond donors (Lipinski definition) is 0. The summed E-state index contributed by atoms with van der Waals surface area (Å²) < 4.78 is 5.00. The first-order chi connectivity index (χ1) is 12.0. The lowest BCUT2D eigenvalue weighted by molar-refractivity contribution is -0.135. The Bertz CT molecular complexity index is 704. The first-order valence-electron chi connectivity index (χ1n) is 8.48. The number of carbonyl (C=O) groups is 3. The molecule has 7 heteroatoms. The fourth-order valence-electron chi connectivity index (χ4n) is 3.36. The van der Waals surface area contributed by atoms with Crippen molar-refractivity contribution < 1.29 is 19.1 Å². The lowest BCUT2D eigenvalue weighted by Gasteiger charge is -2.34. The molecule has 1 fully saturated rings. The number of piperazine rings is 1. The van der Waals surface area contributed by atoms with Crippen LogP contribution in [0.1, 0.15) is 22.8 Å². The van der Waals surface area contributed by atoms with E-state index in [1.165, 1.54) is 0 Å². The van der Waals surface area contributed by atoms with Crippen LogP contribution in [0.25, 0.3) is 0 Å². The molecule has 25 heavy (non-hydrogen) atoms. The van der Waals surface area contributed by atoms with Crippen molar-refractivity contribution in [3.05, 3.63) is 29.3 Å². The van der Waals surface area contributed by atoms with Crippen molar-refractivity contribution in [1.29, 1.82) is 0 Å². The van der Waals surface area contributed by atoms with Crippen LogP contribution in [0.15, 0.2) is 18.2 Å². The number of nitrogens with zero attached hydrogens (tertiary/aromatic N) is 3. The van der Waals surface area contributed by atoms with Gasteiger partial charge in [0.2, 0.25) is 11.8 Å². The number of anilines is 1. The first kappa shape index (κ1) is 17.4. The largest absolute Gasteiger partial charge is 0.383 e. The standard InChI is InChI=1S/C18H23N3O4/c1-13(22)21-6-5-14-11-15(3-4-16(14)21)18(24)20-8-7-19(9-10-25-2)17(23)12-20/h3-4,11H,5-10,12H2,1-2H3. The van der Waals surface area contributed by atoms with Crippen molar-refractivity contribution in [3.63, 3.8) is 0 Å². The highest BCUT2D eigenvalue weighted by Gasteiger charge is 2.29. The van der Waals surface area contributed by atoms with Gasteiger partial charge in [-0.3, -0.25) is 14.4 Å². The highest BCUT2D eigenvalue weighted by molar-refractivity contribution is 5.99. The van der Waals surface area contributed by atoms with Gasteiger partial charge in [-0.25, -0.2) is 0 Å². The van der Waals surface area contributed by atoms with E-state index in [9.17, 15) is 14.4 Å². The summed E-state index contributed by atoms with van der Waals surface area (Å²) in [4.78, 5) is 41.6. The molecule has 3 amide bonds. The molecule has 0 atom stereocenters.